The Kier molecular flexibility index (Phi) is 6.91. The van der Waals surface area contributed by atoms with Crippen LogP contribution in [0.25, 0.3) is 0 Å². The molecule has 1 saturated carbocycles. The molecule has 1 aliphatic carbocycles. The third kappa shape index (κ3) is 5.20. The fourth-order valence-corrected chi connectivity index (χ4v) is 4.90. The molecule has 1 N–H and O–H groups in total. The van der Waals surface area contributed by atoms with Gasteiger partial charge in [0.25, 0.3) is 0 Å². The Morgan fingerprint density at radius 3 is 2.73 bits per heavy atom. The van der Waals surface area contributed by atoms with Crippen molar-refractivity contribution in [3.63, 3.8) is 0 Å². The highest BCUT2D eigenvalue weighted by atomic mass is 32.2. The molecular weight excluding hydrogens is 364 g/mol. The van der Waals surface area contributed by atoms with Gasteiger partial charge in [0, 0.05) is 13.1 Å². The third-order valence-corrected chi connectivity index (χ3v) is 6.89. The lowest BCUT2D eigenvalue weighted by Crippen LogP contribution is -2.31. The van der Waals surface area contributed by atoms with E-state index >= 15 is 0 Å². The number of carbonyl (C=O) groups is 1. The molecule has 1 aromatic carbocycles. The summed E-state index contributed by atoms with van der Waals surface area (Å²) >= 11 is 3.01. The molecule has 0 radical (unpaired) electrons. The zero-order valence-corrected chi connectivity index (χ0v) is 17.0. The van der Waals surface area contributed by atoms with Crippen LogP contribution in [0, 0.1) is 0 Å². The molecule has 1 aromatic heterocycles. The monoisotopic (exact) mass is 390 g/mol. The van der Waals surface area contributed by atoms with Gasteiger partial charge < -0.3 is 10.2 Å². The fraction of sp³-hybridized carbons (Fsp3) is 0.526. The highest BCUT2D eigenvalue weighted by Gasteiger charge is 2.19. The van der Waals surface area contributed by atoms with E-state index < -0.39 is 0 Å². The summed E-state index contributed by atoms with van der Waals surface area (Å²) in [7, 11) is 1.86. The van der Waals surface area contributed by atoms with Gasteiger partial charge in [0.2, 0.25) is 11.0 Å². The molecule has 1 amide bonds. The normalized spacial score (nSPS) is 16.2. The van der Waals surface area contributed by atoms with Crippen LogP contribution in [0.3, 0.4) is 0 Å². The molecule has 2 aromatic rings. The van der Waals surface area contributed by atoms with Crippen LogP contribution >= 0.6 is 23.1 Å². The number of thioether (sulfide) groups is 1. The first kappa shape index (κ1) is 19.2. The van der Waals surface area contributed by atoms with Crippen molar-refractivity contribution in [3.05, 3.63) is 35.9 Å². The average Bonchev–Trinajstić information content (AvgIpc) is 3.13. The van der Waals surface area contributed by atoms with Gasteiger partial charge in [0.1, 0.15) is 0 Å². The highest BCUT2D eigenvalue weighted by Crippen LogP contribution is 2.29. The SMILES string of the molecule is CC(c1ccccc1)N(C)C(=O)CSc1nnc(NC2CCCCC2)s1. The number of nitrogens with zero attached hydrogens (tertiary/aromatic N) is 3. The van der Waals surface area contributed by atoms with Crippen molar-refractivity contribution in [2.24, 2.45) is 0 Å². The van der Waals surface area contributed by atoms with Gasteiger partial charge in [-0.15, -0.1) is 10.2 Å². The summed E-state index contributed by atoms with van der Waals surface area (Å²) in [6.07, 6.45) is 6.34. The number of anilines is 1. The lowest BCUT2D eigenvalue weighted by molar-refractivity contribution is -0.128. The zero-order valence-electron chi connectivity index (χ0n) is 15.4. The predicted molar refractivity (Wildman–Crippen MR) is 109 cm³/mol. The van der Waals surface area contributed by atoms with Gasteiger partial charge in [0.05, 0.1) is 11.8 Å². The number of carbonyl (C=O) groups excluding carboxylic acids is 1. The van der Waals surface area contributed by atoms with Crippen LogP contribution < -0.4 is 5.32 Å². The molecule has 0 spiro atoms. The molecule has 1 heterocycles. The van der Waals surface area contributed by atoms with Gasteiger partial charge in [-0.1, -0.05) is 72.7 Å². The van der Waals surface area contributed by atoms with Crippen molar-refractivity contribution in [2.45, 2.75) is 55.5 Å². The van der Waals surface area contributed by atoms with Crippen molar-refractivity contribution in [1.82, 2.24) is 15.1 Å². The molecule has 26 heavy (non-hydrogen) atoms. The first-order chi connectivity index (χ1) is 12.6. The minimum absolute atomic E-state index is 0.0576. The molecule has 140 valence electrons. The number of aromatic nitrogens is 2. The van der Waals surface area contributed by atoms with Gasteiger partial charge in [-0.05, 0) is 25.3 Å². The van der Waals surface area contributed by atoms with E-state index in [0.717, 1.165) is 15.0 Å². The number of nitrogens with one attached hydrogen (secondary N) is 1. The molecular formula is C19H26N4OS2. The minimum atomic E-state index is 0.0576. The van der Waals surface area contributed by atoms with E-state index in [4.69, 9.17) is 0 Å². The van der Waals surface area contributed by atoms with Crippen LogP contribution in [-0.2, 0) is 4.79 Å². The van der Waals surface area contributed by atoms with E-state index in [1.54, 1.807) is 16.2 Å². The largest absolute Gasteiger partial charge is 0.357 e. The van der Waals surface area contributed by atoms with Crippen LogP contribution in [0.15, 0.2) is 34.7 Å². The Morgan fingerprint density at radius 2 is 2.00 bits per heavy atom. The predicted octanol–water partition coefficient (Wildman–Crippen LogP) is 4.59. The first-order valence-corrected chi connectivity index (χ1v) is 11.0. The van der Waals surface area contributed by atoms with Gasteiger partial charge in [-0.25, -0.2) is 0 Å². The maximum atomic E-state index is 12.5. The van der Waals surface area contributed by atoms with Gasteiger partial charge in [-0.2, -0.15) is 0 Å². The van der Waals surface area contributed by atoms with Crippen LogP contribution in [-0.4, -0.2) is 39.8 Å². The van der Waals surface area contributed by atoms with E-state index in [-0.39, 0.29) is 11.9 Å². The lowest BCUT2D eigenvalue weighted by Gasteiger charge is -2.25. The summed E-state index contributed by atoms with van der Waals surface area (Å²) in [6, 6.07) is 10.7. The Balaban J connectivity index is 1.48. The summed E-state index contributed by atoms with van der Waals surface area (Å²) < 4.78 is 0.845. The standard InChI is InChI=1S/C19H26N4OS2/c1-14(15-9-5-3-6-10-15)23(2)17(24)13-25-19-22-21-18(26-19)20-16-11-7-4-8-12-16/h3,5-6,9-10,14,16H,4,7-8,11-13H2,1-2H3,(H,20,21). The second kappa shape index (κ2) is 9.37. The summed E-state index contributed by atoms with van der Waals surface area (Å²) in [5.41, 5.74) is 1.14. The maximum Gasteiger partial charge on any atom is 0.233 e. The van der Waals surface area contributed by atoms with E-state index in [1.807, 2.05) is 25.2 Å². The molecule has 5 nitrogen and oxygen atoms in total. The smallest absolute Gasteiger partial charge is 0.233 e. The number of hydrogen-bond acceptors (Lipinski definition) is 6. The molecule has 1 fully saturated rings. The quantitative estimate of drug-likeness (QED) is 0.701. The summed E-state index contributed by atoms with van der Waals surface area (Å²) in [4.78, 5) is 14.3. The van der Waals surface area contributed by atoms with Crippen LogP contribution in [0.4, 0.5) is 5.13 Å². The zero-order chi connectivity index (χ0) is 18.4. The van der Waals surface area contributed by atoms with Crippen molar-refractivity contribution < 1.29 is 4.79 Å². The van der Waals surface area contributed by atoms with E-state index in [9.17, 15) is 4.79 Å². The Bertz CT molecular complexity index is 701. The summed E-state index contributed by atoms with van der Waals surface area (Å²) in [6.45, 7) is 2.05. The molecule has 1 atom stereocenters. The molecule has 0 saturated heterocycles. The van der Waals surface area contributed by atoms with E-state index in [2.05, 4.69) is 34.6 Å². The number of rotatable bonds is 7. The number of benzene rings is 1. The van der Waals surface area contributed by atoms with Crippen molar-refractivity contribution >= 4 is 34.1 Å². The summed E-state index contributed by atoms with van der Waals surface area (Å²) in [5.74, 6) is 0.481. The minimum Gasteiger partial charge on any atom is -0.357 e. The van der Waals surface area contributed by atoms with Crippen molar-refractivity contribution in [3.8, 4) is 0 Å². The molecule has 0 aliphatic heterocycles. The van der Waals surface area contributed by atoms with Crippen LogP contribution in [0.1, 0.15) is 50.6 Å². The molecule has 7 heteroatoms. The lowest BCUT2D eigenvalue weighted by atomic mass is 9.96. The topological polar surface area (TPSA) is 58.1 Å². The second-order valence-electron chi connectivity index (χ2n) is 6.73. The molecule has 0 bridgehead atoms. The van der Waals surface area contributed by atoms with Crippen LogP contribution in [0.2, 0.25) is 0 Å². The summed E-state index contributed by atoms with van der Waals surface area (Å²) in [5, 5.41) is 12.8. The molecule has 1 unspecified atom stereocenters. The molecule has 3 rings (SSSR count). The third-order valence-electron chi connectivity index (χ3n) is 4.91. The average molecular weight is 391 g/mol. The Morgan fingerprint density at radius 1 is 1.27 bits per heavy atom. The van der Waals surface area contributed by atoms with Gasteiger partial charge in [0.15, 0.2) is 4.34 Å². The number of amides is 1. The van der Waals surface area contributed by atoms with Crippen molar-refractivity contribution in [1.29, 1.82) is 0 Å². The van der Waals surface area contributed by atoms with E-state index in [1.165, 1.54) is 43.9 Å². The first-order valence-electron chi connectivity index (χ1n) is 9.17. The Hall–Kier alpha value is -1.60. The maximum absolute atomic E-state index is 12.5. The highest BCUT2D eigenvalue weighted by molar-refractivity contribution is 8.01. The Labute approximate surface area is 163 Å². The van der Waals surface area contributed by atoms with Gasteiger partial charge >= 0.3 is 0 Å². The van der Waals surface area contributed by atoms with E-state index in [0.29, 0.717) is 11.8 Å². The van der Waals surface area contributed by atoms with Gasteiger partial charge in [-0.3, -0.25) is 4.79 Å². The fourth-order valence-electron chi connectivity index (χ4n) is 3.14. The number of hydrogen-bond donors (Lipinski definition) is 1. The second-order valence-corrected chi connectivity index (χ2v) is 8.93. The van der Waals surface area contributed by atoms with Crippen LogP contribution in [0.5, 0.6) is 0 Å². The van der Waals surface area contributed by atoms with Crippen molar-refractivity contribution in [2.75, 3.05) is 18.1 Å². The molecule has 1 aliphatic rings.